The van der Waals surface area contributed by atoms with Crippen LogP contribution in [0.2, 0.25) is 0 Å². The van der Waals surface area contributed by atoms with E-state index in [0.29, 0.717) is 11.6 Å². The summed E-state index contributed by atoms with van der Waals surface area (Å²) in [6.45, 7) is 6.23. The number of likely N-dealkylation sites (tertiary alicyclic amines) is 2. The van der Waals surface area contributed by atoms with Gasteiger partial charge in [-0.3, -0.25) is 14.5 Å². The molecule has 2 amide bonds. The third-order valence-electron chi connectivity index (χ3n) is 6.84. The SMILES string of the molecule is CC(NC(=O)CN1CCC(N2CCCCC2)CC1)(C(N)=O)c1c[nH]c2ccccc12. The van der Waals surface area contributed by atoms with Crippen LogP contribution >= 0.6 is 0 Å². The van der Waals surface area contributed by atoms with Crippen molar-refractivity contribution in [3.63, 3.8) is 0 Å². The maximum absolute atomic E-state index is 12.9. The van der Waals surface area contributed by atoms with Crippen molar-refractivity contribution in [3.8, 4) is 0 Å². The Balaban J connectivity index is 1.38. The second kappa shape index (κ2) is 8.78. The molecule has 0 spiro atoms. The molecule has 1 aromatic heterocycles. The van der Waals surface area contributed by atoms with Crippen molar-refractivity contribution >= 4 is 22.7 Å². The highest BCUT2D eigenvalue weighted by Crippen LogP contribution is 2.29. The summed E-state index contributed by atoms with van der Waals surface area (Å²) < 4.78 is 0. The van der Waals surface area contributed by atoms with Crippen LogP contribution in [0.25, 0.3) is 10.9 Å². The third kappa shape index (κ3) is 4.23. The maximum Gasteiger partial charge on any atom is 0.247 e. The first-order valence-corrected chi connectivity index (χ1v) is 11.1. The minimum atomic E-state index is -1.26. The van der Waals surface area contributed by atoms with Crippen molar-refractivity contribution in [1.82, 2.24) is 20.1 Å². The Morgan fingerprint density at radius 2 is 1.83 bits per heavy atom. The van der Waals surface area contributed by atoms with Gasteiger partial charge in [0.2, 0.25) is 11.8 Å². The highest BCUT2D eigenvalue weighted by molar-refractivity contribution is 5.97. The molecular weight excluding hydrogens is 378 g/mol. The Labute approximate surface area is 178 Å². The number of nitrogens with zero attached hydrogens (tertiary/aromatic N) is 2. The predicted octanol–water partition coefficient (Wildman–Crippen LogP) is 1.93. The lowest BCUT2D eigenvalue weighted by molar-refractivity contribution is -0.132. The number of aromatic amines is 1. The van der Waals surface area contributed by atoms with E-state index in [2.05, 4.69) is 20.1 Å². The molecule has 4 N–H and O–H groups in total. The Kier molecular flexibility index (Phi) is 6.11. The van der Waals surface area contributed by atoms with Gasteiger partial charge in [0.05, 0.1) is 6.54 Å². The first kappa shape index (κ1) is 20.9. The number of fused-ring (bicyclic) bond motifs is 1. The van der Waals surface area contributed by atoms with Crippen molar-refractivity contribution in [2.24, 2.45) is 5.73 Å². The summed E-state index contributed by atoms with van der Waals surface area (Å²) in [5.41, 5.74) is 6.10. The highest BCUT2D eigenvalue weighted by atomic mass is 16.2. The molecule has 4 rings (SSSR count). The lowest BCUT2D eigenvalue weighted by Gasteiger charge is -2.40. The molecule has 2 fully saturated rings. The number of carbonyl (C=O) groups is 2. The van der Waals surface area contributed by atoms with Crippen molar-refractivity contribution in [1.29, 1.82) is 0 Å². The molecule has 0 aliphatic carbocycles. The quantitative estimate of drug-likeness (QED) is 0.677. The molecule has 7 heteroatoms. The number of amides is 2. The number of primary amides is 1. The molecule has 30 heavy (non-hydrogen) atoms. The number of H-pyrrole nitrogens is 1. The third-order valence-corrected chi connectivity index (χ3v) is 6.84. The van der Waals surface area contributed by atoms with Crippen LogP contribution in [0.15, 0.2) is 30.5 Å². The number of rotatable bonds is 6. The molecule has 7 nitrogen and oxygen atoms in total. The smallest absolute Gasteiger partial charge is 0.247 e. The molecule has 2 aliphatic rings. The Hall–Kier alpha value is -2.38. The standard InChI is InChI=1S/C23H33N5O2/c1-23(22(24)30,19-15-25-20-8-4-3-7-18(19)20)26-21(29)16-27-13-9-17(10-14-27)28-11-5-2-6-12-28/h3-4,7-8,15,17,25H,2,5-6,9-14,16H2,1H3,(H2,24,30)(H,26,29). The monoisotopic (exact) mass is 411 g/mol. The molecule has 0 radical (unpaired) electrons. The topological polar surface area (TPSA) is 94.5 Å². The van der Waals surface area contributed by atoms with Gasteiger partial charge in [-0.15, -0.1) is 0 Å². The number of para-hydroxylation sites is 1. The van der Waals surface area contributed by atoms with Crippen LogP contribution in [0.5, 0.6) is 0 Å². The summed E-state index contributed by atoms with van der Waals surface area (Å²) in [5.74, 6) is -0.734. The summed E-state index contributed by atoms with van der Waals surface area (Å²) in [6.07, 6.45) is 7.93. The summed E-state index contributed by atoms with van der Waals surface area (Å²) in [5, 5.41) is 3.81. The molecule has 2 aliphatic heterocycles. The van der Waals surface area contributed by atoms with E-state index in [1.807, 2.05) is 24.3 Å². The molecule has 2 aromatic rings. The average Bonchev–Trinajstić information content (AvgIpc) is 3.19. The van der Waals surface area contributed by atoms with Gasteiger partial charge >= 0.3 is 0 Å². The number of benzene rings is 1. The Morgan fingerprint density at radius 1 is 1.13 bits per heavy atom. The fraction of sp³-hybridized carbons (Fsp3) is 0.565. The number of piperidine rings is 2. The first-order valence-electron chi connectivity index (χ1n) is 11.1. The van der Waals surface area contributed by atoms with Crippen molar-refractivity contribution in [2.45, 2.75) is 50.6 Å². The van der Waals surface area contributed by atoms with E-state index in [4.69, 9.17) is 5.73 Å². The zero-order valence-electron chi connectivity index (χ0n) is 17.8. The number of aromatic nitrogens is 1. The van der Waals surface area contributed by atoms with E-state index in [0.717, 1.165) is 36.8 Å². The summed E-state index contributed by atoms with van der Waals surface area (Å²) in [7, 11) is 0. The fourth-order valence-electron chi connectivity index (χ4n) is 4.99. The number of carbonyl (C=O) groups excluding carboxylic acids is 2. The summed E-state index contributed by atoms with van der Waals surface area (Å²) in [6, 6.07) is 8.35. The number of nitrogens with one attached hydrogen (secondary N) is 2. The lowest BCUT2D eigenvalue weighted by atomic mass is 9.90. The van der Waals surface area contributed by atoms with Gasteiger partial charge in [-0.25, -0.2) is 0 Å². The molecule has 162 valence electrons. The van der Waals surface area contributed by atoms with E-state index < -0.39 is 11.4 Å². The highest BCUT2D eigenvalue weighted by Gasteiger charge is 2.37. The zero-order chi connectivity index (χ0) is 21.1. The minimum absolute atomic E-state index is 0.169. The van der Waals surface area contributed by atoms with Crippen LogP contribution in [0.4, 0.5) is 0 Å². The lowest BCUT2D eigenvalue weighted by Crippen LogP contribution is -2.55. The summed E-state index contributed by atoms with van der Waals surface area (Å²) in [4.78, 5) is 33.2. The molecule has 1 aromatic carbocycles. The molecule has 0 saturated carbocycles. The zero-order valence-corrected chi connectivity index (χ0v) is 17.8. The summed E-state index contributed by atoms with van der Waals surface area (Å²) >= 11 is 0. The number of hydrogen-bond acceptors (Lipinski definition) is 4. The van der Waals surface area contributed by atoms with Gasteiger partial charge in [-0.2, -0.15) is 0 Å². The second-order valence-corrected chi connectivity index (χ2v) is 8.89. The van der Waals surface area contributed by atoms with Crippen LogP contribution in [-0.4, -0.2) is 65.4 Å². The van der Waals surface area contributed by atoms with Crippen LogP contribution in [-0.2, 0) is 15.1 Å². The Morgan fingerprint density at radius 3 is 2.53 bits per heavy atom. The van der Waals surface area contributed by atoms with Gasteiger partial charge in [-0.05, 0) is 51.8 Å². The first-order chi connectivity index (χ1) is 14.5. The van der Waals surface area contributed by atoms with Crippen LogP contribution < -0.4 is 11.1 Å². The van der Waals surface area contributed by atoms with E-state index >= 15 is 0 Å². The van der Waals surface area contributed by atoms with Gasteiger partial charge in [0.15, 0.2) is 0 Å². The van der Waals surface area contributed by atoms with E-state index in [-0.39, 0.29) is 12.5 Å². The molecule has 1 atom stereocenters. The van der Waals surface area contributed by atoms with Crippen molar-refractivity contribution < 1.29 is 9.59 Å². The van der Waals surface area contributed by atoms with E-state index in [1.54, 1.807) is 13.1 Å². The second-order valence-electron chi connectivity index (χ2n) is 8.89. The predicted molar refractivity (Wildman–Crippen MR) is 118 cm³/mol. The number of hydrogen-bond donors (Lipinski definition) is 3. The van der Waals surface area contributed by atoms with Gasteiger partial charge in [0, 0.05) is 41.8 Å². The van der Waals surface area contributed by atoms with Gasteiger partial charge < -0.3 is 20.9 Å². The van der Waals surface area contributed by atoms with E-state index in [1.165, 1.54) is 32.4 Å². The number of nitrogens with two attached hydrogens (primary N) is 1. The van der Waals surface area contributed by atoms with Crippen molar-refractivity contribution in [2.75, 3.05) is 32.7 Å². The van der Waals surface area contributed by atoms with Gasteiger partial charge in [-0.1, -0.05) is 24.6 Å². The molecule has 1 unspecified atom stereocenters. The molecular formula is C23H33N5O2. The van der Waals surface area contributed by atoms with Crippen LogP contribution in [0.3, 0.4) is 0 Å². The van der Waals surface area contributed by atoms with E-state index in [9.17, 15) is 9.59 Å². The molecule has 0 bridgehead atoms. The largest absolute Gasteiger partial charge is 0.367 e. The molecule has 2 saturated heterocycles. The van der Waals surface area contributed by atoms with Gasteiger partial charge in [0.1, 0.15) is 5.54 Å². The normalized spacial score (nSPS) is 21.4. The minimum Gasteiger partial charge on any atom is -0.367 e. The van der Waals surface area contributed by atoms with Crippen LogP contribution in [0.1, 0.15) is 44.6 Å². The molecule has 3 heterocycles. The fourth-order valence-corrected chi connectivity index (χ4v) is 4.99. The van der Waals surface area contributed by atoms with Gasteiger partial charge in [0.25, 0.3) is 0 Å². The van der Waals surface area contributed by atoms with Crippen molar-refractivity contribution in [3.05, 3.63) is 36.0 Å². The maximum atomic E-state index is 12.9. The van der Waals surface area contributed by atoms with Crippen LogP contribution in [0, 0.1) is 0 Å². The Bertz CT molecular complexity index is 896. The average molecular weight is 412 g/mol.